The summed E-state index contributed by atoms with van der Waals surface area (Å²) in [7, 11) is -3.24. The highest BCUT2D eigenvalue weighted by molar-refractivity contribution is 7.89. The second kappa shape index (κ2) is 5.20. The van der Waals surface area contributed by atoms with E-state index in [4.69, 9.17) is 6.42 Å². The van der Waals surface area contributed by atoms with Gasteiger partial charge in [0.25, 0.3) is 0 Å². The highest BCUT2D eigenvalue weighted by Crippen LogP contribution is 2.24. The maximum absolute atomic E-state index is 11.9. The first-order valence-electron chi connectivity index (χ1n) is 5.84. The predicted molar refractivity (Wildman–Crippen MR) is 66.4 cm³/mol. The van der Waals surface area contributed by atoms with Crippen LogP contribution < -0.4 is 4.72 Å². The van der Waals surface area contributed by atoms with Crippen LogP contribution in [0.5, 0.6) is 0 Å². The molecule has 0 aromatic heterocycles. The molecule has 0 unspecified atom stereocenters. The Hall–Kier alpha value is -0.530. The predicted octanol–water partition coefficient (Wildman–Crippen LogP) is 1.90. The first-order chi connectivity index (χ1) is 7.35. The van der Waals surface area contributed by atoms with E-state index in [9.17, 15) is 8.42 Å². The van der Waals surface area contributed by atoms with Crippen molar-refractivity contribution in [2.24, 2.45) is 5.92 Å². The summed E-state index contributed by atoms with van der Waals surface area (Å²) in [4.78, 5) is 0. The summed E-state index contributed by atoms with van der Waals surface area (Å²) in [6.07, 6.45) is 10.9. The van der Waals surface area contributed by atoms with Gasteiger partial charge in [-0.25, -0.2) is 8.42 Å². The standard InChI is InChI=1S/C12H21NO2S/c1-4-12(2,3)13-16(14,15)10-11-8-6-5-7-9-11/h1,11,13H,5-10H2,2-3H3. The van der Waals surface area contributed by atoms with Crippen LogP contribution in [-0.2, 0) is 10.0 Å². The van der Waals surface area contributed by atoms with E-state index in [1.54, 1.807) is 13.8 Å². The molecule has 0 heterocycles. The van der Waals surface area contributed by atoms with E-state index < -0.39 is 15.6 Å². The number of rotatable bonds is 4. The Morgan fingerprint density at radius 1 is 1.31 bits per heavy atom. The van der Waals surface area contributed by atoms with Crippen molar-refractivity contribution in [3.63, 3.8) is 0 Å². The normalized spacial score (nSPS) is 19.3. The minimum atomic E-state index is -3.24. The average molecular weight is 243 g/mol. The lowest BCUT2D eigenvalue weighted by Crippen LogP contribution is -2.44. The van der Waals surface area contributed by atoms with Crippen LogP contribution in [-0.4, -0.2) is 19.7 Å². The van der Waals surface area contributed by atoms with Gasteiger partial charge >= 0.3 is 0 Å². The summed E-state index contributed by atoms with van der Waals surface area (Å²) in [5.41, 5.74) is -0.784. The molecule has 1 aliphatic carbocycles. The van der Waals surface area contributed by atoms with Crippen LogP contribution in [0.15, 0.2) is 0 Å². The topological polar surface area (TPSA) is 46.2 Å². The maximum atomic E-state index is 11.9. The van der Waals surface area contributed by atoms with Gasteiger partial charge in [0.15, 0.2) is 0 Å². The number of nitrogens with one attached hydrogen (secondary N) is 1. The first kappa shape index (κ1) is 13.5. The van der Waals surface area contributed by atoms with Gasteiger partial charge in [-0.1, -0.05) is 25.2 Å². The van der Waals surface area contributed by atoms with Gasteiger partial charge in [-0.3, -0.25) is 0 Å². The fourth-order valence-electron chi connectivity index (χ4n) is 2.12. The third-order valence-electron chi connectivity index (χ3n) is 2.95. The first-order valence-corrected chi connectivity index (χ1v) is 7.49. The van der Waals surface area contributed by atoms with Crippen molar-refractivity contribution in [1.82, 2.24) is 4.72 Å². The highest BCUT2D eigenvalue weighted by Gasteiger charge is 2.26. The minimum absolute atomic E-state index is 0.220. The van der Waals surface area contributed by atoms with Crippen LogP contribution in [0.1, 0.15) is 46.0 Å². The summed E-state index contributed by atoms with van der Waals surface area (Å²) in [6, 6.07) is 0. The van der Waals surface area contributed by atoms with Gasteiger partial charge in [0.05, 0.1) is 11.3 Å². The SMILES string of the molecule is C#CC(C)(C)NS(=O)(=O)CC1CCCCC1. The minimum Gasteiger partial charge on any atom is -0.212 e. The Balaban J connectivity index is 2.55. The molecular formula is C12H21NO2S. The van der Waals surface area contributed by atoms with Crippen LogP contribution >= 0.6 is 0 Å². The van der Waals surface area contributed by atoms with E-state index in [-0.39, 0.29) is 5.75 Å². The third-order valence-corrected chi connectivity index (χ3v) is 4.68. The van der Waals surface area contributed by atoms with Gasteiger partial charge in [0, 0.05) is 0 Å². The molecule has 0 aromatic carbocycles. The summed E-state index contributed by atoms with van der Waals surface area (Å²) in [5.74, 6) is 2.97. The van der Waals surface area contributed by atoms with E-state index in [1.165, 1.54) is 6.42 Å². The number of hydrogen-bond acceptors (Lipinski definition) is 2. The Bertz CT molecular complexity index is 359. The lowest BCUT2D eigenvalue weighted by atomic mass is 9.91. The van der Waals surface area contributed by atoms with Gasteiger partial charge in [0.2, 0.25) is 10.0 Å². The summed E-state index contributed by atoms with van der Waals surface area (Å²) in [6.45, 7) is 3.40. The quantitative estimate of drug-likeness (QED) is 0.767. The molecular weight excluding hydrogens is 222 g/mol. The van der Waals surface area contributed by atoms with E-state index in [0.29, 0.717) is 5.92 Å². The molecule has 0 aromatic rings. The van der Waals surface area contributed by atoms with Crippen molar-refractivity contribution in [2.75, 3.05) is 5.75 Å². The van der Waals surface area contributed by atoms with Crippen LogP contribution in [0.4, 0.5) is 0 Å². The van der Waals surface area contributed by atoms with Gasteiger partial charge < -0.3 is 0 Å². The summed E-state index contributed by atoms with van der Waals surface area (Å²) < 4.78 is 26.3. The van der Waals surface area contributed by atoms with Crippen molar-refractivity contribution in [3.05, 3.63) is 0 Å². The highest BCUT2D eigenvalue weighted by atomic mass is 32.2. The summed E-state index contributed by atoms with van der Waals surface area (Å²) in [5, 5.41) is 0. The third kappa shape index (κ3) is 4.54. The molecule has 0 spiro atoms. The van der Waals surface area contributed by atoms with Crippen LogP contribution in [0.2, 0.25) is 0 Å². The molecule has 16 heavy (non-hydrogen) atoms. The molecule has 0 saturated heterocycles. The van der Waals surface area contributed by atoms with E-state index in [0.717, 1.165) is 25.7 Å². The molecule has 0 amide bonds. The zero-order valence-electron chi connectivity index (χ0n) is 10.1. The van der Waals surface area contributed by atoms with Crippen molar-refractivity contribution in [3.8, 4) is 12.3 Å². The monoisotopic (exact) mass is 243 g/mol. The van der Waals surface area contributed by atoms with Crippen LogP contribution in [0, 0.1) is 18.3 Å². The van der Waals surface area contributed by atoms with E-state index in [2.05, 4.69) is 10.6 Å². The maximum Gasteiger partial charge on any atom is 0.213 e. The van der Waals surface area contributed by atoms with Crippen molar-refractivity contribution >= 4 is 10.0 Å². The van der Waals surface area contributed by atoms with Gasteiger partial charge in [0.1, 0.15) is 0 Å². The smallest absolute Gasteiger partial charge is 0.212 e. The van der Waals surface area contributed by atoms with Crippen LogP contribution in [0.25, 0.3) is 0 Å². The molecule has 0 aliphatic heterocycles. The van der Waals surface area contributed by atoms with Crippen molar-refractivity contribution in [2.45, 2.75) is 51.5 Å². The zero-order valence-corrected chi connectivity index (χ0v) is 10.9. The molecule has 0 radical (unpaired) electrons. The molecule has 1 aliphatic rings. The molecule has 0 bridgehead atoms. The van der Waals surface area contributed by atoms with Crippen molar-refractivity contribution < 1.29 is 8.42 Å². The molecule has 1 saturated carbocycles. The fourth-order valence-corrected chi connectivity index (χ4v) is 4.00. The Kier molecular flexibility index (Phi) is 4.40. The second-order valence-corrected chi connectivity index (χ2v) is 6.92. The molecule has 1 N–H and O–H groups in total. The Morgan fingerprint density at radius 2 is 1.88 bits per heavy atom. The van der Waals surface area contributed by atoms with Gasteiger partial charge in [-0.15, -0.1) is 6.42 Å². The molecule has 1 fully saturated rings. The van der Waals surface area contributed by atoms with Crippen molar-refractivity contribution in [1.29, 1.82) is 0 Å². The number of sulfonamides is 1. The molecule has 3 nitrogen and oxygen atoms in total. The zero-order chi connectivity index (χ0) is 12.2. The van der Waals surface area contributed by atoms with Gasteiger partial charge in [-0.05, 0) is 32.6 Å². The Morgan fingerprint density at radius 3 is 2.38 bits per heavy atom. The number of hydrogen-bond donors (Lipinski definition) is 1. The lowest BCUT2D eigenvalue weighted by Gasteiger charge is -2.24. The lowest BCUT2D eigenvalue weighted by molar-refractivity contribution is 0.382. The molecule has 0 atom stereocenters. The van der Waals surface area contributed by atoms with Gasteiger partial charge in [-0.2, -0.15) is 4.72 Å². The second-order valence-electron chi connectivity index (χ2n) is 5.16. The van der Waals surface area contributed by atoms with Crippen LogP contribution in [0.3, 0.4) is 0 Å². The molecule has 1 rings (SSSR count). The van der Waals surface area contributed by atoms with E-state index in [1.807, 2.05) is 0 Å². The molecule has 92 valence electrons. The molecule has 4 heteroatoms. The average Bonchev–Trinajstić information content (AvgIpc) is 2.17. The Labute approximate surface area is 99.1 Å². The fraction of sp³-hybridized carbons (Fsp3) is 0.833. The largest absolute Gasteiger partial charge is 0.213 e. The summed E-state index contributed by atoms with van der Waals surface area (Å²) >= 11 is 0. The number of terminal acetylenes is 1. The van der Waals surface area contributed by atoms with E-state index >= 15 is 0 Å².